The standard InChI is InChI=1S/C21H32N4O/c1-13-3-6-15(7-4-13)24-21(26)17-10-18(22)19(23-2)11-20(17)25-12-14-5-8-16(25)9-14/h10-11,13-16,23H,3-9,12,22H2,1-2H3,(H,24,26). The molecule has 5 heteroatoms. The Balaban J connectivity index is 1.59. The van der Waals surface area contributed by atoms with E-state index in [4.69, 9.17) is 5.73 Å². The molecule has 1 aliphatic heterocycles. The van der Waals surface area contributed by atoms with E-state index in [1.807, 2.05) is 13.1 Å². The maximum absolute atomic E-state index is 13.1. The van der Waals surface area contributed by atoms with Gasteiger partial charge in [0.25, 0.3) is 5.91 Å². The number of nitrogen functional groups attached to an aromatic ring is 1. The summed E-state index contributed by atoms with van der Waals surface area (Å²) in [4.78, 5) is 15.6. The van der Waals surface area contributed by atoms with E-state index < -0.39 is 0 Å². The Hall–Kier alpha value is -1.91. The SMILES string of the molecule is CNc1cc(N2CC3CCC2C3)c(C(=O)NC2CCC(C)CC2)cc1N. The predicted octanol–water partition coefficient (Wildman–Crippen LogP) is 3.61. The minimum Gasteiger partial charge on any atom is -0.397 e. The zero-order valence-corrected chi connectivity index (χ0v) is 16.1. The first kappa shape index (κ1) is 17.5. The normalized spacial score (nSPS) is 30.5. The molecule has 3 aliphatic rings. The van der Waals surface area contributed by atoms with Crippen molar-refractivity contribution >= 4 is 23.0 Å². The van der Waals surface area contributed by atoms with Gasteiger partial charge in [0, 0.05) is 25.7 Å². The quantitative estimate of drug-likeness (QED) is 0.721. The number of rotatable bonds is 4. The average Bonchev–Trinajstić information content (AvgIpc) is 3.26. The highest BCUT2D eigenvalue weighted by Gasteiger charge is 2.39. The van der Waals surface area contributed by atoms with E-state index in [9.17, 15) is 4.79 Å². The zero-order chi connectivity index (χ0) is 18.3. The Labute approximate surface area is 156 Å². The van der Waals surface area contributed by atoms with Gasteiger partial charge in [0.1, 0.15) is 0 Å². The van der Waals surface area contributed by atoms with Crippen molar-refractivity contribution in [3.05, 3.63) is 17.7 Å². The van der Waals surface area contributed by atoms with Crippen LogP contribution in [0.2, 0.25) is 0 Å². The molecule has 2 bridgehead atoms. The molecule has 2 aliphatic carbocycles. The first-order valence-electron chi connectivity index (χ1n) is 10.2. The maximum Gasteiger partial charge on any atom is 0.253 e. The molecule has 4 N–H and O–H groups in total. The lowest BCUT2D eigenvalue weighted by Gasteiger charge is -2.32. The minimum absolute atomic E-state index is 0.0386. The molecule has 1 amide bonds. The second kappa shape index (κ2) is 7.01. The van der Waals surface area contributed by atoms with Crippen molar-refractivity contribution < 1.29 is 4.79 Å². The number of carbonyl (C=O) groups excluding carboxylic acids is 1. The van der Waals surface area contributed by atoms with Crippen molar-refractivity contribution in [2.24, 2.45) is 11.8 Å². The highest BCUT2D eigenvalue weighted by Crippen LogP contribution is 2.43. The smallest absolute Gasteiger partial charge is 0.253 e. The van der Waals surface area contributed by atoms with Gasteiger partial charge in [-0.2, -0.15) is 0 Å². The number of nitrogens with one attached hydrogen (secondary N) is 2. The topological polar surface area (TPSA) is 70.4 Å². The fraction of sp³-hybridized carbons (Fsp3) is 0.667. The molecule has 3 fully saturated rings. The van der Waals surface area contributed by atoms with Gasteiger partial charge in [0.2, 0.25) is 0 Å². The zero-order valence-electron chi connectivity index (χ0n) is 16.1. The van der Waals surface area contributed by atoms with Crippen molar-refractivity contribution in [2.75, 3.05) is 29.5 Å². The number of anilines is 3. The highest BCUT2D eigenvalue weighted by molar-refractivity contribution is 6.02. The predicted molar refractivity (Wildman–Crippen MR) is 108 cm³/mol. The summed E-state index contributed by atoms with van der Waals surface area (Å²) in [6.07, 6.45) is 8.41. The van der Waals surface area contributed by atoms with Crippen molar-refractivity contribution in [2.45, 2.75) is 64.0 Å². The van der Waals surface area contributed by atoms with Gasteiger partial charge in [-0.3, -0.25) is 4.79 Å². The lowest BCUT2D eigenvalue weighted by Crippen LogP contribution is -2.39. The van der Waals surface area contributed by atoms with Crippen LogP contribution in [0.25, 0.3) is 0 Å². The fourth-order valence-electron chi connectivity index (χ4n) is 5.13. The van der Waals surface area contributed by atoms with Crippen LogP contribution in [-0.4, -0.2) is 31.6 Å². The van der Waals surface area contributed by atoms with E-state index in [1.54, 1.807) is 0 Å². The summed E-state index contributed by atoms with van der Waals surface area (Å²) in [6.45, 7) is 3.37. The Kier molecular flexibility index (Phi) is 4.72. The minimum atomic E-state index is 0.0386. The Bertz CT molecular complexity index is 681. The molecule has 4 rings (SSSR count). The van der Waals surface area contributed by atoms with Crippen LogP contribution in [0.4, 0.5) is 17.1 Å². The molecule has 2 unspecified atom stereocenters. The van der Waals surface area contributed by atoms with Crippen molar-refractivity contribution in [1.82, 2.24) is 5.32 Å². The summed E-state index contributed by atoms with van der Waals surface area (Å²) < 4.78 is 0. The number of piperidine rings is 1. The summed E-state index contributed by atoms with van der Waals surface area (Å²) in [7, 11) is 1.88. The lowest BCUT2D eigenvalue weighted by molar-refractivity contribution is 0.0923. The molecule has 2 saturated carbocycles. The van der Waals surface area contributed by atoms with Crippen LogP contribution in [0.3, 0.4) is 0 Å². The first-order chi connectivity index (χ1) is 12.5. The van der Waals surface area contributed by atoms with Gasteiger partial charge in [-0.05, 0) is 68.9 Å². The highest BCUT2D eigenvalue weighted by atomic mass is 16.1. The number of nitrogens with zero attached hydrogens (tertiary/aromatic N) is 1. The van der Waals surface area contributed by atoms with E-state index in [2.05, 4.69) is 28.5 Å². The number of benzene rings is 1. The van der Waals surface area contributed by atoms with Gasteiger partial charge in [-0.25, -0.2) is 0 Å². The molecule has 1 heterocycles. The molecule has 5 nitrogen and oxygen atoms in total. The van der Waals surface area contributed by atoms with Crippen molar-refractivity contribution in [3.63, 3.8) is 0 Å². The summed E-state index contributed by atoms with van der Waals surface area (Å²) in [5.41, 5.74) is 9.55. The van der Waals surface area contributed by atoms with Gasteiger partial charge in [0.15, 0.2) is 0 Å². The van der Waals surface area contributed by atoms with E-state index in [0.717, 1.165) is 48.2 Å². The second-order valence-corrected chi connectivity index (χ2v) is 8.62. The lowest BCUT2D eigenvalue weighted by atomic mass is 9.87. The van der Waals surface area contributed by atoms with E-state index in [0.29, 0.717) is 17.8 Å². The number of hydrogen-bond donors (Lipinski definition) is 3. The molecular weight excluding hydrogens is 324 g/mol. The third kappa shape index (κ3) is 3.24. The first-order valence-corrected chi connectivity index (χ1v) is 10.2. The number of carbonyl (C=O) groups is 1. The molecule has 0 spiro atoms. The molecule has 1 aromatic rings. The fourth-order valence-corrected chi connectivity index (χ4v) is 5.13. The average molecular weight is 357 g/mol. The Morgan fingerprint density at radius 3 is 2.54 bits per heavy atom. The molecule has 0 aromatic heterocycles. The molecule has 1 saturated heterocycles. The monoisotopic (exact) mass is 356 g/mol. The summed E-state index contributed by atoms with van der Waals surface area (Å²) in [5, 5.41) is 6.46. The molecule has 142 valence electrons. The third-order valence-electron chi connectivity index (χ3n) is 6.75. The molecule has 2 atom stereocenters. The number of amides is 1. The molecule has 1 aromatic carbocycles. The summed E-state index contributed by atoms with van der Waals surface area (Å²) in [6, 6.07) is 4.82. The molecule has 26 heavy (non-hydrogen) atoms. The van der Waals surface area contributed by atoms with E-state index >= 15 is 0 Å². The molecular formula is C21H32N4O. The molecule has 0 radical (unpaired) electrons. The van der Waals surface area contributed by atoms with Crippen LogP contribution >= 0.6 is 0 Å². The van der Waals surface area contributed by atoms with E-state index in [-0.39, 0.29) is 5.91 Å². The Morgan fingerprint density at radius 2 is 1.92 bits per heavy atom. The van der Waals surface area contributed by atoms with Crippen LogP contribution in [0.1, 0.15) is 62.2 Å². The third-order valence-corrected chi connectivity index (χ3v) is 6.75. The van der Waals surface area contributed by atoms with Crippen LogP contribution in [0.5, 0.6) is 0 Å². The summed E-state index contributed by atoms with van der Waals surface area (Å²) >= 11 is 0. The number of fused-ring (bicyclic) bond motifs is 2. The van der Waals surface area contributed by atoms with Crippen LogP contribution in [0, 0.1) is 11.8 Å². The van der Waals surface area contributed by atoms with Crippen LogP contribution < -0.4 is 21.3 Å². The second-order valence-electron chi connectivity index (χ2n) is 8.62. The number of hydrogen-bond acceptors (Lipinski definition) is 4. The van der Waals surface area contributed by atoms with Crippen molar-refractivity contribution in [3.8, 4) is 0 Å². The largest absolute Gasteiger partial charge is 0.397 e. The van der Waals surface area contributed by atoms with Gasteiger partial charge in [-0.15, -0.1) is 0 Å². The van der Waals surface area contributed by atoms with Gasteiger partial charge < -0.3 is 21.3 Å². The van der Waals surface area contributed by atoms with Gasteiger partial charge in [-0.1, -0.05) is 6.92 Å². The van der Waals surface area contributed by atoms with Crippen LogP contribution in [0.15, 0.2) is 12.1 Å². The van der Waals surface area contributed by atoms with Gasteiger partial charge in [0.05, 0.1) is 22.6 Å². The van der Waals surface area contributed by atoms with Crippen LogP contribution in [-0.2, 0) is 0 Å². The Morgan fingerprint density at radius 1 is 1.15 bits per heavy atom. The van der Waals surface area contributed by atoms with E-state index in [1.165, 1.54) is 32.1 Å². The summed E-state index contributed by atoms with van der Waals surface area (Å²) in [5.74, 6) is 1.60. The van der Waals surface area contributed by atoms with Crippen molar-refractivity contribution in [1.29, 1.82) is 0 Å². The number of nitrogens with two attached hydrogens (primary N) is 1. The maximum atomic E-state index is 13.1. The van der Waals surface area contributed by atoms with Gasteiger partial charge >= 0.3 is 0 Å².